The minimum atomic E-state index is -5.05. The van der Waals surface area contributed by atoms with Gasteiger partial charge in [0.25, 0.3) is 5.56 Å². The fourth-order valence-corrected chi connectivity index (χ4v) is 7.32. The Hall–Kier alpha value is -3.65. The standard InChI is InChI=1S/C22H24FN9O11P2/c23-14-17-13(41-22(14)32-8-29-15-18(24)25-5-26-19(15)32)4-40-44(35,36)42-12-2-11(33)10(1-9(12)3-39-45(37,38)43-17)31-7-30-16-20(31)27-6-28-21(16)34/h5-8,10-11,13-14,17,22,33H,1-4H2,(H,35,36)(H,37,38)(H2,24,25,26)(H,27,28,34)/t10-,11?,13-,14?,17?,22-/m1/s1. The van der Waals surface area contributed by atoms with E-state index in [4.69, 9.17) is 28.6 Å². The third-order valence-corrected chi connectivity index (χ3v) is 9.52. The number of aliphatic hydroxyl groups is 1. The number of nitrogens with one attached hydrogen (secondary N) is 1. The van der Waals surface area contributed by atoms with Crippen LogP contribution in [-0.4, -0.2) is 91.6 Å². The van der Waals surface area contributed by atoms with Crippen LogP contribution in [0.25, 0.3) is 22.3 Å². The van der Waals surface area contributed by atoms with Crippen molar-refractivity contribution in [2.24, 2.45) is 0 Å². The van der Waals surface area contributed by atoms with Crippen LogP contribution in [0, 0.1) is 0 Å². The first-order valence-electron chi connectivity index (χ1n) is 13.2. The highest BCUT2D eigenvalue weighted by atomic mass is 31.2. The summed E-state index contributed by atoms with van der Waals surface area (Å²) in [7, 11) is -10.0. The summed E-state index contributed by atoms with van der Waals surface area (Å²) in [5.74, 6) is -0.229. The van der Waals surface area contributed by atoms with Gasteiger partial charge in [-0.2, -0.15) is 0 Å². The predicted molar refractivity (Wildman–Crippen MR) is 146 cm³/mol. The van der Waals surface area contributed by atoms with E-state index < -0.39 is 71.2 Å². The molecule has 0 aromatic carbocycles. The second-order valence-electron chi connectivity index (χ2n) is 10.4. The Bertz CT molecular complexity index is 1980. The van der Waals surface area contributed by atoms with Crippen LogP contribution in [0.2, 0.25) is 0 Å². The van der Waals surface area contributed by atoms with E-state index >= 15 is 4.39 Å². The molecule has 4 aromatic rings. The number of anilines is 1. The molecule has 1 fully saturated rings. The van der Waals surface area contributed by atoms with Gasteiger partial charge in [-0.05, 0) is 12.0 Å². The van der Waals surface area contributed by atoms with Crippen molar-refractivity contribution in [3.8, 4) is 0 Å². The normalized spacial score (nSPS) is 34.6. The molecular formula is C22H24FN9O11P2. The Morgan fingerprint density at radius 2 is 1.76 bits per heavy atom. The van der Waals surface area contributed by atoms with E-state index in [-0.39, 0.29) is 52.3 Å². The highest BCUT2D eigenvalue weighted by Crippen LogP contribution is 2.54. The number of H-pyrrole nitrogens is 1. The lowest BCUT2D eigenvalue weighted by Gasteiger charge is -2.33. The first kappa shape index (κ1) is 30.0. The number of ether oxygens (including phenoxy) is 1. The summed E-state index contributed by atoms with van der Waals surface area (Å²) in [6, 6.07) is -0.854. The van der Waals surface area contributed by atoms with Crippen molar-refractivity contribution >= 4 is 43.8 Å². The summed E-state index contributed by atoms with van der Waals surface area (Å²) < 4.78 is 71.2. The lowest BCUT2D eigenvalue weighted by Crippen LogP contribution is -2.34. The molecule has 4 aromatic heterocycles. The maximum atomic E-state index is 15.9. The van der Waals surface area contributed by atoms with Crippen LogP contribution < -0.4 is 11.3 Å². The van der Waals surface area contributed by atoms with Gasteiger partial charge in [-0.1, -0.05) is 0 Å². The van der Waals surface area contributed by atoms with Crippen LogP contribution in [0.15, 0.2) is 41.4 Å². The number of imidazole rings is 2. The minimum Gasteiger partial charge on any atom is -0.409 e. The van der Waals surface area contributed by atoms with Crippen molar-refractivity contribution in [2.45, 2.75) is 49.6 Å². The van der Waals surface area contributed by atoms with Crippen molar-refractivity contribution in [2.75, 3.05) is 18.9 Å². The molecule has 1 aliphatic carbocycles. The van der Waals surface area contributed by atoms with Crippen LogP contribution in [0.3, 0.4) is 0 Å². The van der Waals surface area contributed by atoms with Crippen molar-refractivity contribution in [3.05, 3.63) is 47.0 Å². The van der Waals surface area contributed by atoms with Gasteiger partial charge in [0.1, 0.15) is 29.8 Å². The molecule has 0 saturated carbocycles. The van der Waals surface area contributed by atoms with Crippen LogP contribution in [0.4, 0.5) is 10.2 Å². The molecule has 1 saturated heterocycles. The maximum absolute atomic E-state index is 15.9. The van der Waals surface area contributed by atoms with Gasteiger partial charge in [-0.25, -0.2) is 38.4 Å². The first-order chi connectivity index (χ1) is 21.4. The topological polar surface area (TPSA) is 274 Å². The van der Waals surface area contributed by atoms with Gasteiger partial charge >= 0.3 is 15.6 Å². The zero-order valence-electron chi connectivity index (χ0n) is 22.7. The van der Waals surface area contributed by atoms with Crippen molar-refractivity contribution in [1.29, 1.82) is 0 Å². The SMILES string of the molecule is Nc1ncnc2c1ncn2[C@@H]1O[C@@H]2COP(=O)(O)OC3=C(COP(=O)(O)OC2C1F)C[C@@H](n1cnc2c(=O)[nH]cnc21)C(O)C3. The highest BCUT2D eigenvalue weighted by Gasteiger charge is 2.52. The van der Waals surface area contributed by atoms with Crippen LogP contribution >= 0.6 is 15.6 Å². The summed E-state index contributed by atoms with van der Waals surface area (Å²) in [4.78, 5) is 55.8. The molecule has 20 nitrogen and oxygen atoms in total. The first-order valence-corrected chi connectivity index (χ1v) is 16.2. The Morgan fingerprint density at radius 3 is 2.58 bits per heavy atom. The molecule has 0 radical (unpaired) electrons. The second kappa shape index (κ2) is 11.0. The van der Waals surface area contributed by atoms with Gasteiger partial charge in [0.05, 0.1) is 44.3 Å². The average Bonchev–Trinajstić information content (AvgIpc) is 3.68. The number of nitrogens with two attached hydrogens (primary N) is 1. The molecule has 7 rings (SSSR count). The molecular weight excluding hydrogens is 647 g/mol. The zero-order chi connectivity index (χ0) is 31.7. The number of aliphatic hydroxyl groups excluding tert-OH is 1. The summed E-state index contributed by atoms with van der Waals surface area (Å²) >= 11 is 0. The quantitative estimate of drug-likeness (QED) is 0.180. The lowest BCUT2D eigenvalue weighted by molar-refractivity contribution is -0.0467. The molecule has 240 valence electrons. The fourth-order valence-electron chi connectivity index (χ4n) is 5.51. The molecule has 23 heteroatoms. The molecule has 5 unspecified atom stereocenters. The fraction of sp³-hybridized carbons (Fsp3) is 0.455. The van der Waals surface area contributed by atoms with Gasteiger partial charge in [-0.3, -0.25) is 27.8 Å². The number of aromatic nitrogens is 8. The molecule has 2 aliphatic heterocycles. The van der Waals surface area contributed by atoms with E-state index in [0.717, 1.165) is 17.2 Å². The largest absolute Gasteiger partial charge is 0.527 e. The summed E-state index contributed by atoms with van der Waals surface area (Å²) in [6.07, 6.45) is -4.12. The summed E-state index contributed by atoms with van der Waals surface area (Å²) in [5, 5.41) is 11.0. The van der Waals surface area contributed by atoms with Gasteiger partial charge in [0, 0.05) is 6.42 Å². The second-order valence-corrected chi connectivity index (χ2v) is 13.2. The number of aromatic amines is 1. The smallest absolute Gasteiger partial charge is 0.409 e. The van der Waals surface area contributed by atoms with E-state index in [9.17, 15) is 28.8 Å². The number of nitrogen functional groups attached to an aromatic ring is 1. The van der Waals surface area contributed by atoms with Crippen LogP contribution in [0.1, 0.15) is 25.1 Å². The third kappa shape index (κ3) is 5.45. The number of halogens is 1. The number of rotatable bonds is 2. The Morgan fingerprint density at radius 1 is 1.00 bits per heavy atom. The number of nitrogens with zero attached hydrogens (tertiary/aromatic N) is 7. The summed E-state index contributed by atoms with van der Waals surface area (Å²) in [5.41, 5.74) is 5.75. The van der Waals surface area contributed by atoms with Gasteiger partial charge in [0.2, 0.25) is 0 Å². The zero-order valence-corrected chi connectivity index (χ0v) is 24.5. The molecule has 8 atom stereocenters. The Kier molecular flexibility index (Phi) is 7.34. The highest BCUT2D eigenvalue weighted by molar-refractivity contribution is 7.47. The molecule has 6 N–H and O–H groups in total. The average molecular weight is 671 g/mol. The molecule has 3 aliphatic rings. The van der Waals surface area contributed by atoms with E-state index in [0.29, 0.717) is 0 Å². The molecule has 0 amide bonds. The van der Waals surface area contributed by atoms with E-state index in [1.165, 1.54) is 17.2 Å². The summed E-state index contributed by atoms with van der Waals surface area (Å²) in [6.45, 7) is -1.53. The van der Waals surface area contributed by atoms with E-state index in [1.807, 2.05) is 0 Å². The maximum Gasteiger partial charge on any atom is 0.527 e. The molecule has 0 bridgehead atoms. The Labute approximate surface area is 249 Å². The van der Waals surface area contributed by atoms with Crippen LogP contribution in [-0.2, 0) is 32.0 Å². The number of hydrogen-bond donors (Lipinski definition) is 5. The minimum absolute atomic E-state index is 0.00390. The number of hydrogen-bond acceptors (Lipinski definition) is 15. The third-order valence-electron chi connectivity index (χ3n) is 7.62. The predicted octanol–water partition coefficient (Wildman–Crippen LogP) is 0.376. The van der Waals surface area contributed by atoms with Crippen molar-refractivity contribution < 1.29 is 51.2 Å². The van der Waals surface area contributed by atoms with E-state index in [1.54, 1.807) is 0 Å². The lowest BCUT2D eigenvalue weighted by atomic mass is 9.91. The van der Waals surface area contributed by atoms with Gasteiger partial charge in [-0.15, -0.1) is 0 Å². The number of fused-ring (bicyclic) bond motifs is 3. The van der Waals surface area contributed by atoms with Crippen molar-refractivity contribution in [3.63, 3.8) is 0 Å². The monoisotopic (exact) mass is 671 g/mol. The number of phosphoric ester groups is 2. The molecule has 6 heterocycles. The molecule has 0 spiro atoms. The van der Waals surface area contributed by atoms with Crippen molar-refractivity contribution in [1.82, 2.24) is 39.0 Å². The Balaban J connectivity index is 1.18. The van der Waals surface area contributed by atoms with Gasteiger partial charge < -0.3 is 34.5 Å². The van der Waals surface area contributed by atoms with E-state index in [2.05, 4.69) is 29.9 Å². The van der Waals surface area contributed by atoms with Crippen LogP contribution in [0.5, 0.6) is 0 Å². The number of alkyl halides is 1. The van der Waals surface area contributed by atoms with Gasteiger partial charge in [0.15, 0.2) is 35.0 Å². The number of phosphoric acid groups is 2. The molecule has 45 heavy (non-hydrogen) atoms.